The van der Waals surface area contributed by atoms with E-state index < -0.39 is 11.2 Å². The molecule has 0 unspecified atom stereocenters. The zero-order valence-electron chi connectivity index (χ0n) is 4.37. The average Bonchev–Trinajstić information content (AvgIpc) is 1.83. The van der Waals surface area contributed by atoms with E-state index in [1.165, 1.54) is 0 Å². The fourth-order valence-corrected chi connectivity index (χ4v) is 0.577. The van der Waals surface area contributed by atoms with Crippen LogP contribution in [0.25, 0.3) is 0 Å². The van der Waals surface area contributed by atoms with Gasteiger partial charge < -0.3 is 9.52 Å². The highest BCUT2D eigenvalue weighted by Crippen LogP contribution is 2.04. The molecule has 0 aliphatic heterocycles. The first kappa shape index (κ1) is 6.22. The SMILES string of the molecule is O=c1c(O)cocc1S. The van der Waals surface area contributed by atoms with Crippen molar-refractivity contribution in [1.29, 1.82) is 0 Å². The minimum Gasteiger partial charge on any atom is -0.502 e. The minimum absolute atomic E-state index is 0.106. The summed E-state index contributed by atoms with van der Waals surface area (Å²) in [5.41, 5.74) is -0.510. The largest absolute Gasteiger partial charge is 0.502 e. The zero-order chi connectivity index (χ0) is 6.85. The van der Waals surface area contributed by atoms with Crippen LogP contribution in [0.1, 0.15) is 0 Å². The van der Waals surface area contributed by atoms with Crippen LogP contribution in [0, 0.1) is 0 Å². The lowest BCUT2D eigenvalue weighted by molar-refractivity contribution is 0.422. The smallest absolute Gasteiger partial charge is 0.239 e. The molecule has 0 atom stereocenters. The van der Waals surface area contributed by atoms with E-state index in [1.807, 2.05) is 0 Å². The summed E-state index contributed by atoms with van der Waals surface area (Å²) in [5.74, 6) is -0.414. The molecule has 0 fully saturated rings. The molecule has 4 heteroatoms. The quantitative estimate of drug-likeness (QED) is 0.525. The van der Waals surface area contributed by atoms with Crippen molar-refractivity contribution in [2.75, 3.05) is 0 Å². The van der Waals surface area contributed by atoms with E-state index in [9.17, 15) is 4.79 Å². The Labute approximate surface area is 56.3 Å². The Morgan fingerprint density at radius 2 is 2.22 bits per heavy atom. The Balaban J connectivity index is 3.43. The second-order valence-electron chi connectivity index (χ2n) is 1.47. The Morgan fingerprint density at radius 1 is 1.56 bits per heavy atom. The summed E-state index contributed by atoms with van der Waals surface area (Å²) in [6.07, 6.45) is 2.12. The molecule has 0 bridgehead atoms. The molecule has 48 valence electrons. The van der Waals surface area contributed by atoms with E-state index >= 15 is 0 Å². The molecule has 1 aromatic rings. The molecule has 0 aromatic carbocycles. The third-order valence-corrected chi connectivity index (χ3v) is 1.13. The van der Waals surface area contributed by atoms with Crippen molar-refractivity contribution in [3.8, 4) is 5.75 Å². The van der Waals surface area contributed by atoms with Crippen molar-refractivity contribution in [1.82, 2.24) is 0 Å². The van der Waals surface area contributed by atoms with E-state index in [1.54, 1.807) is 0 Å². The van der Waals surface area contributed by atoms with Crippen LogP contribution in [0.15, 0.2) is 26.6 Å². The van der Waals surface area contributed by atoms with E-state index in [2.05, 4.69) is 17.0 Å². The van der Waals surface area contributed by atoms with Gasteiger partial charge in [-0.25, -0.2) is 0 Å². The normalized spacial score (nSPS) is 9.44. The van der Waals surface area contributed by atoms with Gasteiger partial charge >= 0.3 is 0 Å². The second-order valence-corrected chi connectivity index (χ2v) is 1.95. The average molecular weight is 144 g/mol. The summed E-state index contributed by atoms with van der Waals surface area (Å²) in [4.78, 5) is 10.7. The van der Waals surface area contributed by atoms with Gasteiger partial charge in [0.1, 0.15) is 12.5 Å². The maximum Gasteiger partial charge on any atom is 0.239 e. The Bertz CT molecular complexity index is 242. The van der Waals surface area contributed by atoms with Gasteiger partial charge in [-0.1, -0.05) is 0 Å². The van der Waals surface area contributed by atoms with Crippen molar-refractivity contribution in [3.05, 3.63) is 22.7 Å². The predicted molar refractivity (Wildman–Crippen MR) is 33.9 cm³/mol. The molecule has 1 heterocycles. The maximum atomic E-state index is 10.6. The molecular weight excluding hydrogens is 140 g/mol. The highest BCUT2D eigenvalue weighted by atomic mass is 32.1. The topological polar surface area (TPSA) is 50.4 Å². The van der Waals surface area contributed by atoms with Crippen LogP contribution >= 0.6 is 12.6 Å². The van der Waals surface area contributed by atoms with Gasteiger partial charge in [0, 0.05) is 0 Å². The Morgan fingerprint density at radius 3 is 2.67 bits per heavy atom. The lowest BCUT2D eigenvalue weighted by Crippen LogP contribution is -1.98. The Kier molecular flexibility index (Phi) is 1.48. The van der Waals surface area contributed by atoms with Gasteiger partial charge in [-0.3, -0.25) is 4.79 Å². The van der Waals surface area contributed by atoms with E-state index in [-0.39, 0.29) is 4.90 Å². The van der Waals surface area contributed by atoms with Crippen molar-refractivity contribution in [2.45, 2.75) is 4.90 Å². The van der Waals surface area contributed by atoms with Gasteiger partial charge in [0.05, 0.1) is 4.90 Å². The summed E-state index contributed by atoms with van der Waals surface area (Å²) in [7, 11) is 0. The first-order valence-electron chi connectivity index (χ1n) is 2.20. The third-order valence-electron chi connectivity index (χ3n) is 0.825. The molecule has 0 saturated heterocycles. The fraction of sp³-hybridized carbons (Fsp3) is 0. The molecule has 1 N–H and O–H groups in total. The summed E-state index contributed by atoms with van der Waals surface area (Å²) in [5, 5.41) is 8.64. The van der Waals surface area contributed by atoms with Gasteiger partial charge in [-0.2, -0.15) is 0 Å². The van der Waals surface area contributed by atoms with Gasteiger partial charge in [-0.05, 0) is 0 Å². The summed E-state index contributed by atoms with van der Waals surface area (Å²) < 4.78 is 4.49. The lowest BCUT2D eigenvalue weighted by atomic mass is 10.5. The summed E-state index contributed by atoms with van der Waals surface area (Å²) in [6, 6.07) is 0. The first-order chi connectivity index (χ1) is 4.22. The van der Waals surface area contributed by atoms with Crippen molar-refractivity contribution >= 4 is 12.6 Å². The van der Waals surface area contributed by atoms with Crippen molar-refractivity contribution < 1.29 is 9.52 Å². The third kappa shape index (κ3) is 1.08. The molecule has 3 nitrogen and oxygen atoms in total. The van der Waals surface area contributed by atoms with E-state index in [0.29, 0.717) is 0 Å². The van der Waals surface area contributed by atoms with Gasteiger partial charge in [0.15, 0.2) is 5.75 Å². The van der Waals surface area contributed by atoms with Gasteiger partial charge in [0.2, 0.25) is 5.43 Å². The van der Waals surface area contributed by atoms with Crippen molar-refractivity contribution in [3.63, 3.8) is 0 Å². The molecule has 1 aromatic heterocycles. The molecule has 1 rings (SSSR count). The molecule has 0 aliphatic carbocycles. The van der Waals surface area contributed by atoms with E-state index in [0.717, 1.165) is 12.5 Å². The van der Waals surface area contributed by atoms with Crippen molar-refractivity contribution in [2.24, 2.45) is 0 Å². The fourth-order valence-electron chi connectivity index (χ4n) is 0.401. The molecule has 0 amide bonds. The van der Waals surface area contributed by atoms with Crippen LogP contribution in [0.5, 0.6) is 5.75 Å². The minimum atomic E-state index is -0.510. The first-order valence-corrected chi connectivity index (χ1v) is 2.65. The number of hydrogen-bond donors (Lipinski definition) is 2. The molecule has 0 spiro atoms. The van der Waals surface area contributed by atoms with Crippen LogP contribution in [0.4, 0.5) is 0 Å². The maximum absolute atomic E-state index is 10.6. The van der Waals surface area contributed by atoms with Gasteiger partial charge in [0.25, 0.3) is 0 Å². The van der Waals surface area contributed by atoms with E-state index in [4.69, 9.17) is 5.11 Å². The number of thiol groups is 1. The monoisotopic (exact) mass is 144 g/mol. The molecule has 0 radical (unpaired) electrons. The predicted octanol–water partition coefficient (Wildman–Crippen LogP) is 0.634. The standard InChI is InChI=1S/C5H4O3S/c6-3-1-8-2-4(9)5(3)7/h1-2,6,9H. The number of rotatable bonds is 0. The lowest BCUT2D eigenvalue weighted by Gasteiger charge is -1.88. The molecule has 0 aliphatic rings. The molecule has 0 saturated carbocycles. The van der Waals surface area contributed by atoms with Crippen LogP contribution in [0.2, 0.25) is 0 Å². The number of aromatic hydroxyl groups is 1. The van der Waals surface area contributed by atoms with Crippen LogP contribution in [-0.2, 0) is 0 Å². The Hall–Kier alpha value is -0.900. The summed E-state index contributed by atoms with van der Waals surface area (Å²) >= 11 is 3.70. The highest BCUT2D eigenvalue weighted by Gasteiger charge is 1.98. The molecular formula is C5H4O3S. The zero-order valence-corrected chi connectivity index (χ0v) is 5.26. The van der Waals surface area contributed by atoms with Crippen LogP contribution in [-0.4, -0.2) is 5.11 Å². The second kappa shape index (κ2) is 2.14. The highest BCUT2D eigenvalue weighted by molar-refractivity contribution is 7.80. The van der Waals surface area contributed by atoms with Gasteiger partial charge in [-0.15, -0.1) is 12.6 Å². The summed E-state index contributed by atoms with van der Waals surface area (Å²) in [6.45, 7) is 0. The van der Waals surface area contributed by atoms with Crippen LogP contribution in [0.3, 0.4) is 0 Å². The van der Waals surface area contributed by atoms with Crippen LogP contribution < -0.4 is 5.43 Å². The number of hydrogen-bond acceptors (Lipinski definition) is 4. The molecule has 9 heavy (non-hydrogen) atoms.